The first kappa shape index (κ1) is 18.2. The Bertz CT molecular complexity index is 430. The molecule has 1 aromatic rings. The molecule has 0 heterocycles. The fraction of sp³-hybridized carbons (Fsp3) is 0.500. The molecule has 4 nitrogen and oxygen atoms in total. The second-order valence-corrected chi connectivity index (χ2v) is 5.39. The van der Waals surface area contributed by atoms with Gasteiger partial charge >= 0.3 is 6.09 Å². The second-order valence-electron chi connectivity index (χ2n) is 5.39. The van der Waals surface area contributed by atoms with E-state index in [0.29, 0.717) is 6.42 Å². The van der Waals surface area contributed by atoms with E-state index in [9.17, 15) is 9.59 Å². The largest absolute Gasteiger partial charge is 0.444 e. The molecule has 112 valence electrons. The average Bonchev–Trinajstić information content (AvgIpc) is 2.37. The van der Waals surface area contributed by atoms with Crippen molar-refractivity contribution in [2.24, 2.45) is 0 Å². The first-order valence-electron chi connectivity index (χ1n) is 6.70. The van der Waals surface area contributed by atoms with E-state index in [1.165, 1.54) is 12.6 Å². The molecule has 0 aliphatic carbocycles. The van der Waals surface area contributed by atoms with Crippen LogP contribution in [0.2, 0.25) is 0 Å². The van der Waals surface area contributed by atoms with Crippen LogP contribution in [0.3, 0.4) is 0 Å². The van der Waals surface area contributed by atoms with E-state index in [4.69, 9.17) is 4.74 Å². The minimum atomic E-state index is -0.389. The summed E-state index contributed by atoms with van der Waals surface area (Å²) in [5, 5.41) is 2.36. The van der Waals surface area contributed by atoms with Crippen LogP contribution in [0.5, 0.6) is 0 Å². The molecule has 0 unspecified atom stereocenters. The number of Topliss-reactive ketones (excluding diaryl/α,β-unsaturated/α-hetero) is 1. The number of hydrogen-bond acceptors (Lipinski definition) is 3. The molecular formula is C16H25NO3. The standard InChI is InChI=1S/C10H12O.C6H13NO2/c1-3-10(11)9-6-4-8(2)5-7-9;1-6(2,3)9-5(8)7-4/h4-7H,3H2,1-2H3;1-4H3,(H,7,8). The lowest BCUT2D eigenvalue weighted by Gasteiger charge is -2.18. The Kier molecular flexibility index (Phi) is 7.59. The van der Waals surface area contributed by atoms with Gasteiger partial charge in [0.1, 0.15) is 5.60 Å². The summed E-state index contributed by atoms with van der Waals surface area (Å²) in [4.78, 5) is 21.6. The smallest absolute Gasteiger partial charge is 0.407 e. The van der Waals surface area contributed by atoms with Gasteiger partial charge in [0, 0.05) is 19.0 Å². The van der Waals surface area contributed by atoms with E-state index in [2.05, 4.69) is 5.32 Å². The highest BCUT2D eigenvalue weighted by Gasteiger charge is 2.13. The molecule has 0 aromatic heterocycles. The van der Waals surface area contributed by atoms with Crippen molar-refractivity contribution in [1.29, 1.82) is 0 Å². The Balaban J connectivity index is 0.000000370. The van der Waals surface area contributed by atoms with Gasteiger partial charge in [-0.25, -0.2) is 4.79 Å². The van der Waals surface area contributed by atoms with Gasteiger partial charge in [-0.2, -0.15) is 0 Å². The molecule has 1 rings (SSSR count). The van der Waals surface area contributed by atoms with Gasteiger partial charge in [0.15, 0.2) is 5.78 Å². The SMILES string of the molecule is CCC(=O)c1ccc(C)cc1.CNC(=O)OC(C)(C)C. The summed E-state index contributed by atoms with van der Waals surface area (Å²) < 4.78 is 4.84. The van der Waals surface area contributed by atoms with Crippen molar-refractivity contribution in [3.63, 3.8) is 0 Å². The molecule has 0 saturated carbocycles. The first-order chi connectivity index (χ1) is 9.19. The monoisotopic (exact) mass is 279 g/mol. The normalized spacial score (nSPS) is 10.1. The minimum absolute atomic E-state index is 0.213. The molecule has 1 aromatic carbocycles. The topological polar surface area (TPSA) is 55.4 Å². The van der Waals surface area contributed by atoms with E-state index in [-0.39, 0.29) is 17.5 Å². The van der Waals surface area contributed by atoms with Gasteiger partial charge in [-0.3, -0.25) is 4.79 Å². The number of rotatable bonds is 2. The highest BCUT2D eigenvalue weighted by molar-refractivity contribution is 5.95. The first-order valence-corrected chi connectivity index (χ1v) is 6.70. The zero-order valence-electron chi connectivity index (χ0n) is 13.2. The quantitative estimate of drug-likeness (QED) is 0.839. The van der Waals surface area contributed by atoms with E-state index in [0.717, 1.165) is 5.56 Å². The highest BCUT2D eigenvalue weighted by Crippen LogP contribution is 2.06. The van der Waals surface area contributed by atoms with Gasteiger partial charge in [0.05, 0.1) is 0 Å². The van der Waals surface area contributed by atoms with Crippen LogP contribution in [0, 0.1) is 6.92 Å². The Morgan fingerprint density at radius 3 is 1.95 bits per heavy atom. The zero-order chi connectivity index (χ0) is 15.8. The number of aryl methyl sites for hydroxylation is 1. The van der Waals surface area contributed by atoms with Gasteiger partial charge in [-0.15, -0.1) is 0 Å². The summed E-state index contributed by atoms with van der Waals surface area (Å²) in [5.41, 5.74) is 1.62. The number of amides is 1. The Labute approximate surface area is 121 Å². The molecule has 4 heteroatoms. The van der Waals surface area contributed by atoms with Gasteiger partial charge in [-0.05, 0) is 27.7 Å². The third kappa shape index (κ3) is 8.29. The van der Waals surface area contributed by atoms with Crippen LogP contribution in [-0.2, 0) is 4.74 Å². The number of ketones is 1. The molecule has 0 aliphatic heterocycles. The molecule has 1 amide bonds. The Morgan fingerprint density at radius 1 is 1.15 bits per heavy atom. The van der Waals surface area contributed by atoms with Gasteiger partial charge in [-0.1, -0.05) is 36.8 Å². The van der Waals surface area contributed by atoms with E-state index in [1.807, 2.05) is 58.9 Å². The molecular weight excluding hydrogens is 254 g/mol. The maximum atomic E-state index is 11.1. The lowest BCUT2D eigenvalue weighted by molar-refractivity contribution is 0.0541. The maximum absolute atomic E-state index is 11.1. The summed E-state index contributed by atoms with van der Waals surface area (Å²) in [5.74, 6) is 0.213. The van der Waals surface area contributed by atoms with Crippen LogP contribution in [0.15, 0.2) is 24.3 Å². The van der Waals surface area contributed by atoms with E-state index in [1.54, 1.807) is 0 Å². The Hall–Kier alpha value is -1.84. The van der Waals surface area contributed by atoms with E-state index >= 15 is 0 Å². The minimum Gasteiger partial charge on any atom is -0.444 e. The lowest BCUT2D eigenvalue weighted by Crippen LogP contribution is -2.30. The van der Waals surface area contributed by atoms with Crippen molar-refractivity contribution in [1.82, 2.24) is 5.32 Å². The van der Waals surface area contributed by atoms with Crippen molar-refractivity contribution in [3.05, 3.63) is 35.4 Å². The molecule has 0 radical (unpaired) electrons. The van der Waals surface area contributed by atoms with Crippen LogP contribution in [0.1, 0.15) is 50.0 Å². The van der Waals surface area contributed by atoms with Crippen molar-refractivity contribution >= 4 is 11.9 Å². The van der Waals surface area contributed by atoms with Crippen molar-refractivity contribution < 1.29 is 14.3 Å². The predicted molar refractivity (Wildman–Crippen MR) is 81.1 cm³/mol. The van der Waals surface area contributed by atoms with Crippen molar-refractivity contribution in [3.8, 4) is 0 Å². The number of carbonyl (C=O) groups is 2. The van der Waals surface area contributed by atoms with E-state index < -0.39 is 0 Å². The Morgan fingerprint density at radius 2 is 1.65 bits per heavy atom. The summed E-state index contributed by atoms with van der Waals surface area (Å²) in [6, 6.07) is 7.67. The third-order valence-corrected chi connectivity index (χ3v) is 2.30. The van der Waals surface area contributed by atoms with Crippen LogP contribution in [-0.4, -0.2) is 24.5 Å². The predicted octanol–water partition coefficient (Wildman–Crippen LogP) is 3.73. The lowest BCUT2D eigenvalue weighted by atomic mass is 10.1. The second kappa shape index (κ2) is 8.35. The van der Waals surface area contributed by atoms with Crippen LogP contribution in [0.25, 0.3) is 0 Å². The van der Waals surface area contributed by atoms with Crippen molar-refractivity contribution in [2.75, 3.05) is 7.05 Å². The summed E-state index contributed by atoms with van der Waals surface area (Å²) >= 11 is 0. The van der Waals surface area contributed by atoms with Gasteiger partial charge < -0.3 is 10.1 Å². The van der Waals surface area contributed by atoms with Gasteiger partial charge in [0.2, 0.25) is 0 Å². The number of benzene rings is 1. The summed E-state index contributed by atoms with van der Waals surface area (Å²) in [6.45, 7) is 9.36. The number of carbonyl (C=O) groups excluding carboxylic acids is 2. The number of nitrogens with one attached hydrogen (secondary N) is 1. The molecule has 0 bridgehead atoms. The molecule has 0 atom stereocenters. The summed E-state index contributed by atoms with van der Waals surface area (Å²) in [6.07, 6.45) is 0.200. The van der Waals surface area contributed by atoms with Crippen LogP contribution < -0.4 is 5.32 Å². The maximum Gasteiger partial charge on any atom is 0.407 e. The summed E-state index contributed by atoms with van der Waals surface area (Å²) in [7, 11) is 1.54. The van der Waals surface area contributed by atoms with Crippen LogP contribution >= 0.6 is 0 Å². The van der Waals surface area contributed by atoms with Crippen LogP contribution in [0.4, 0.5) is 4.79 Å². The molecule has 0 saturated heterocycles. The number of hydrogen-bond donors (Lipinski definition) is 1. The molecule has 1 N–H and O–H groups in total. The molecule has 0 fully saturated rings. The van der Waals surface area contributed by atoms with Gasteiger partial charge in [0.25, 0.3) is 0 Å². The fourth-order valence-corrected chi connectivity index (χ4v) is 1.27. The molecule has 0 spiro atoms. The number of alkyl carbamates (subject to hydrolysis) is 1. The third-order valence-electron chi connectivity index (χ3n) is 2.30. The highest BCUT2D eigenvalue weighted by atomic mass is 16.6. The molecule has 0 aliphatic rings. The fourth-order valence-electron chi connectivity index (χ4n) is 1.27. The number of ether oxygens (including phenoxy) is 1. The average molecular weight is 279 g/mol. The molecule has 20 heavy (non-hydrogen) atoms. The zero-order valence-corrected chi connectivity index (χ0v) is 13.2. The van der Waals surface area contributed by atoms with Crippen molar-refractivity contribution in [2.45, 2.75) is 46.6 Å².